The topological polar surface area (TPSA) is 115 Å². The predicted molar refractivity (Wildman–Crippen MR) is 107 cm³/mol. The molecule has 1 saturated heterocycles. The summed E-state index contributed by atoms with van der Waals surface area (Å²) in [5.41, 5.74) is 0.999. The van der Waals surface area contributed by atoms with E-state index < -0.39 is 28.6 Å². The first-order valence-corrected chi connectivity index (χ1v) is 11.1. The largest absolute Gasteiger partial charge is 0.465 e. The molecule has 2 aromatic rings. The van der Waals surface area contributed by atoms with Crippen LogP contribution in [0.4, 0.5) is 0 Å². The number of benzene rings is 1. The van der Waals surface area contributed by atoms with Crippen molar-refractivity contribution in [3.05, 3.63) is 36.0 Å². The van der Waals surface area contributed by atoms with Gasteiger partial charge in [-0.15, -0.1) is 0 Å². The molecule has 3 rings (SSSR count). The summed E-state index contributed by atoms with van der Waals surface area (Å²) >= 11 is 0. The van der Waals surface area contributed by atoms with Crippen LogP contribution < -0.4 is 0 Å². The van der Waals surface area contributed by atoms with Gasteiger partial charge in [0, 0.05) is 43.3 Å². The number of fused-ring (bicyclic) bond motifs is 1. The maximum atomic E-state index is 12.3. The number of esters is 2. The molecule has 1 aliphatic rings. The fraction of sp³-hybridized carbons (Fsp3) is 0.421. The third-order valence-corrected chi connectivity index (χ3v) is 6.21. The number of rotatable bonds is 6. The van der Waals surface area contributed by atoms with E-state index in [2.05, 4.69) is 0 Å². The van der Waals surface area contributed by atoms with Gasteiger partial charge in [-0.3, -0.25) is 9.59 Å². The van der Waals surface area contributed by atoms with E-state index in [1.807, 2.05) is 0 Å². The number of para-hydroxylation sites is 1. The lowest BCUT2D eigenvalue weighted by Crippen LogP contribution is -2.51. The van der Waals surface area contributed by atoms with Gasteiger partial charge in [-0.1, -0.05) is 18.2 Å². The number of aromatic nitrogens is 1. The van der Waals surface area contributed by atoms with E-state index >= 15 is 0 Å². The quantitative estimate of drug-likeness (QED) is 0.588. The minimum atomic E-state index is -3.29. The van der Waals surface area contributed by atoms with Crippen molar-refractivity contribution in [3.8, 4) is 0 Å². The van der Waals surface area contributed by atoms with Crippen molar-refractivity contribution in [2.45, 2.75) is 6.54 Å². The van der Waals surface area contributed by atoms with Crippen LogP contribution >= 0.6 is 0 Å². The van der Waals surface area contributed by atoms with E-state index in [0.717, 1.165) is 6.26 Å². The lowest BCUT2D eigenvalue weighted by molar-refractivity contribution is -0.152. The van der Waals surface area contributed by atoms with Crippen molar-refractivity contribution in [2.75, 3.05) is 46.2 Å². The van der Waals surface area contributed by atoms with E-state index in [1.165, 1.54) is 22.5 Å². The van der Waals surface area contributed by atoms with Crippen LogP contribution in [0.5, 0.6) is 0 Å². The van der Waals surface area contributed by atoms with Crippen molar-refractivity contribution in [1.29, 1.82) is 0 Å². The minimum Gasteiger partial charge on any atom is -0.465 e. The van der Waals surface area contributed by atoms with E-state index in [9.17, 15) is 22.8 Å². The van der Waals surface area contributed by atoms with E-state index in [4.69, 9.17) is 9.47 Å². The number of piperazine rings is 1. The summed E-state index contributed by atoms with van der Waals surface area (Å²) in [6.45, 7) is 0.310. The summed E-state index contributed by atoms with van der Waals surface area (Å²) in [6, 6.07) is 7.08. The van der Waals surface area contributed by atoms with Crippen molar-refractivity contribution in [3.63, 3.8) is 0 Å². The van der Waals surface area contributed by atoms with Crippen LogP contribution in [0, 0.1) is 0 Å². The SMILES string of the molecule is COC(=O)c1cn(CC(=O)OCC(=O)N2CCN(S(C)(=O)=O)CC2)c2ccccc12. The zero-order chi connectivity index (χ0) is 21.9. The molecule has 0 N–H and O–H groups in total. The molecule has 1 aromatic heterocycles. The van der Waals surface area contributed by atoms with Crippen LogP contribution in [0.3, 0.4) is 0 Å². The number of hydrogen-bond donors (Lipinski definition) is 0. The Hall–Kier alpha value is -2.92. The molecule has 162 valence electrons. The van der Waals surface area contributed by atoms with Gasteiger partial charge in [-0.2, -0.15) is 4.31 Å². The van der Waals surface area contributed by atoms with Crippen LogP contribution in [-0.2, 0) is 35.6 Å². The highest BCUT2D eigenvalue weighted by molar-refractivity contribution is 7.88. The predicted octanol–water partition coefficient (Wildman–Crippen LogP) is 0.0749. The molecule has 11 heteroatoms. The zero-order valence-corrected chi connectivity index (χ0v) is 17.6. The number of hydrogen-bond acceptors (Lipinski definition) is 7. The Balaban J connectivity index is 1.58. The van der Waals surface area contributed by atoms with Crippen molar-refractivity contribution < 1.29 is 32.3 Å². The second kappa shape index (κ2) is 8.84. The first-order chi connectivity index (χ1) is 14.2. The second-order valence-electron chi connectivity index (χ2n) is 6.88. The average molecular weight is 437 g/mol. The van der Waals surface area contributed by atoms with Crippen LogP contribution in [-0.4, -0.2) is 86.2 Å². The molecule has 0 spiro atoms. The van der Waals surface area contributed by atoms with E-state index in [0.29, 0.717) is 16.5 Å². The lowest BCUT2D eigenvalue weighted by atomic mass is 10.2. The Morgan fingerprint density at radius 1 is 1.07 bits per heavy atom. The molecule has 0 aliphatic carbocycles. The summed E-state index contributed by atoms with van der Waals surface area (Å²) in [4.78, 5) is 38.0. The monoisotopic (exact) mass is 437 g/mol. The highest BCUT2D eigenvalue weighted by atomic mass is 32.2. The maximum absolute atomic E-state index is 12.3. The molecule has 0 saturated carbocycles. The van der Waals surface area contributed by atoms with Crippen LogP contribution in [0.2, 0.25) is 0 Å². The molecule has 1 amide bonds. The van der Waals surface area contributed by atoms with Gasteiger partial charge >= 0.3 is 11.9 Å². The Morgan fingerprint density at radius 3 is 2.37 bits per heavy atom. The number of amides is 1. The molecule has 0 unspecified atom stereocenters. The van der Waals surface area contributed by atoms with Gasteiger partial charge in [0.25, 0.3) is 5.91 Å². The highest BCUT2D eigenvalue weighted by Crippen LogP contribution is 2.22. The molecule has 30 heavy (non-hydrogen) atoms. The smallest absolute Gasteiger partial charge is 0.340 e. The summed E-state index contributed by atoms with van der Waals surface area (Å²) in [6.07, 6.45) is 2.65. The number of sulfonamides is 1. The Bertz CT molecular complexity index is 1070. The minimum absolute atomic E-state index is 0.174. The number of nitrogens with zero attached hydrogens (tertiary/aromatic N) is 3. The van der Waals surface area contributed by atoms with Gasteiger partial charge in [-0.25, -0.2) is 13.2 Å². The molecule has 0 radical (unpaired) electrons. The van der Waals surface area contributed by atoms with Crippen molar-refractivity contribution in [2.24, 2.45) is 0 Å². The molecular weight excluding hydrogens is 414 g/mol. The van der Waals surface area contributed by atoms with Gasteiger partial charge < -0.3 is 18.9 Å². The third-order valence-electron chi connectivity index (χ3n) is 4.91. The molecule has 2 heterocycles. The first kappa shape index (κ1) is 21.8. The summed E-state index contributed by atoms with van der Waals surface area (Å²) in [5.74, 6) is -1.53. The van der Waals surface area contributed by atoms with E-state index in [-0.39, 0.29) is 38.6 Å². The number of carbonyl (C=O) groups is 3. The fourth-order valence-electron chi connectivity index (χ4n) is 3.34. The standard InChI is InChI=1S/C19H23N3O7S/c1-28-19(25)15-11-21(16-6-4-3-5-14(15)16)12-18(24)29-13-17(23)20-7-9-22(10-8-20)30(2,26)27/h3-6,11H,7-10,12-13H2,1-2H3. The molecule has 1 aliphatic heterocycles. The van der Waals surface area contributed by atoms with Gasteiger partial charge in [0.05, 0.1) is 18.9 Å². The summed E-state index contributed by atoms with van der Waals surface area (Å²) < 4.78 is 35.8. The van der Waals surface area contributed by atoms with Crippen LogP contribution in [0.1, 0.15) is 10.4 Å². The summed E-state index contributed by atoms with van der Waals surface area (Å²) in [5, 5.41) is 0.650. The molecule has 1 fully saturated rings. The Labute approximate surface area is 174 Å². The first-order valence-electron chi connectivity index (χ1n) is 9.25. The van der Waals surface area contributed by atoms with Gasteiger partial charge in [0.2, 0.25) is 10.0 Å². The Morgan fingerprint density at radius 2 is 1.73 bits per heavy atom. The third kappa shape index (κ3) is 4.79. The van der Waals surface area contributed by atoms with Gasteiger partial charge in [0.15, 0.2) is 6.61 Å². The molecule has 0 atom stereocenters. The van der Waals surface area contributed by atoms with Crippen LogP contribution in [0.25, 0.3) is 10.9 Å². The normalized spacial score (nSPS) is 15.2. The summed E-state index contributed by atoms with van der Waals surface area (Å²) in [7, 11) is -2.00. The van der Waals surface area contributed by atoms with Crippen molar-refractivity contribution >= 4 is 38.8 Å². The highest BCUT2D eigenvalue weighted by Gasteiger charge is 2.26. The number of ether oxygens (including phenoxy) is 2. The molecule has 0 bridgehead atoms. The fourth-order valence-corrected chi connectivity index (χ4v) is 4.16. The maximum Gasteiger partial charge on any atom is 0.340 e. The van der Waals surface area contributed by atoms with Gasteiger partial charge in [0.1, 0.15) is 6.54 Å². The van der Waals surface area contributed by atoms with E-state index in [1.54, 1.807) is 28.8 Å². The van der Waals surface area contributed by atoms with Gasteiger partial charge in [-0.05, 0) is 6.07 Å². The average Bonchev–Trinajstić information content (AvgIpc) is 3.09. The lowest BCUT2D eigenvalue weighted by Gasteiger charge is -2.33. The van der Waals surface area contributed by atoms with Crippen LogP contribution in [0.15, 0.2) is 30.5 Å². The molecular formula is C19H23N3O7S. The Kier molecular flexibility index (Phi) is 6.42. The van der Waals surface area contributed by atoms with Crippen molar-refractivity contribution in [1.82, 2.24) is 13.8 Å². The number of methoxy groups -OCH3 is 1. The molecule has 10 nitrogen and oxygen atoms in total. The molecule has 1 aromatic carbocycles. The second-order valence-corrected chi connectivity index (χ2v) is 8.87. The number of carbonyl (C=O) groups excluding carboxylic acids is 3. The zero-order valence-electron chi connectivity index (χ0n) is 16.7.